The molecule has 162 valence electrons. The number of halogens is 4. The molecule has 1 saturated heterocycles. The van der Waals surface area contributed by atoms with Gasteiger partial charge in [-0.05, 0) is 55.4 Å². The number of nitriles is 1. The van der Waals surface area contributed by atoms with Crippen LogP contribution in [0.2, 0.25) is 0 Å². The summed E-state index contributed by atoms with van der Waals surface area (Å²) < 4.78 is 54.9. The van der Waals surface area contributed by atoms with Gasteiger partial charge in [0.1, 0.15) is 5.75 Å². The molecule has 5 nitrogen and oxygen atoms in total. The molecule has 3 rings (SSSR count). The summed E-state index contributed by atoms with van der Waals surface area (Å²) >= 11 is 5.44. The summed E-state index contributed by atoms with van der Waals surface area (Å²) in [4.78, 5) is 15.2. The number of thiocarbonyl (C=S) groups is 1. The first-order chi connectivity index (χ1) is 14.6. The number of carbonyl (C=O) groups excluding carboxylic acids is 1. The standard InChI is InChI=1S/C21H17F4N3O2S/c22-17-11-15(29)7-8-18(17)27-9-3-1-2-4-19(30)28(20(27)31)14-6-5-13(12-26)16(10-14)21(23,24)25/h5-8,10-11,29H,1-4,9H2. The minimum absolute atomic E-state index is 0.00723. The topological polar surface area (TPSA) is 67.6 Å². The lowest BCUT2D eigenvalue weighted by molar-refractivity contribution is -0.137. The molecule has 0 bridgehead atoms. The molecule has 1 aliphatic rings. The second-order valence-electron chi connectivity index (χ2n) is 6.95. The Morgan fingerprint density at radius 1 is 1.10 bits per heavy atom. The van der Waals surface area contributed by atoms with Gasteiger partial charge in [-0.1, -0.05) is 6.42 Å². The molecular formula is C21H17F4N3O2S. The smallest absolute Gasteiger partial charge is 0.417 e. The lowest BCUT2D eigenvalue weighted by atomic mass is 10.1. The molecule has 1 amide bonds. The van der Waals surface area contributed by atoms with Crippen LogP contribution in [0.25, 0.3) is 0 Å². The Kier molecular flexibility index (Phi) is 6.45. The van der Waals surface area contributed by atoms with Crippen molar-refractivity contribution in [2.75, 3.05) is 16.3 Å². The van der Waals surface area contributed by atoms with Crippen LogP contribution < -0.4 is 9.80 Å². The summed E-state index contributed by atoms with van der Waals surface area (Å²) in [6.07, 6.45) is -3.06. The van der Waals surface area contributed by atoms with Gasteiger partial charge in [0, 0.05) is 19.0 Å². The SMILES string of the molecule is N#Cc1ccc(N2C(=O)CCCCCN(c3ccc(O)cc3F)C2=S)cc1C(F)(F)F. The van der Waals surface area contributed by atoms with Crippen molar-refractivity contribution in [3.05, 3.63) is 53.3 Å². The van der Waals surface area contributed by atoms with E-state index in [2.05, 4.69) is 0 Å². The normalized spacial score (nSPS) is 15.8. The average Bonchev–Trinajstić information content (AvgIpc) is 2.76. The molecule has 2 aromatic rings. The van der Waals surface area contributed by atoms with Crippen LogP contribution in [-0.2, 0) is 11.0 Å². The number of alkyl halides is 3. The minimum atomic E-state index is -4.81. The lowest BCUT2D eigenvalue weighted by Gasteiger charge is -2.32. The molecule has 0 aromatic heterocycles. The number of hydrogen-bond donors (Lipinski definition) is 1. The first-order valence-corrected chi connectivity index (χ1v) is 9.78. The predicted molar refractivity (Wildman–Crippen MR) is 110 cm³/mol. The van der Waals surface area contributed by atoms with Gasteiger partial charge < -0.3 is 10.0 Å². The summed E-state index contributed by atoms with van der Waals surface area (Å²) in [7, 11) is 0. The van der Waals surface area contributed by atoms with E-state index in [0.29, 0.717) is 25.3 Å². The molecule has 0 spiro atoms. The first kappa shape index (κ1) is 22.5. The van der Waals surface area contributed by atoms with E-state index in [0.717, 1.165) is 17.0 Å². The number of carbonyl (C=O) groups is 1. The molecule has 1 N–H and O–H groups in total. The van der Waals surface area contributed by atoms with Crippen LogP contribution in [0.1, 0.15) is 36.8 Å². The maximum absolute atomic E-state index is 14.5. The molecule has 31 heavy (non-hydrogen) atoms. The molecule has 1 heterocycles. The highest BCUT2D eigenvalue weighted by atomic mass is 32.1. The van der Waals surface area contributed by atoms with Gasteiger partial charge in [0.2, 0.25) is 5.91 Å². The molecule has 0 aliphatic carbocycles. The second-order valence-corrected chi connectivity index (χ2v) is 7.31. The van der Waals surface area contributed by atoms with Crippen molar-refractivity contribution >= 4 is 34.6 Å². The molecule has 0 saturated carbocycles. The zero-order chi connectivity index (χ0) is 22.8. The molecule has 1 fully saturated rings. The fraction of sp³-hybridized carbons (Fsp3) is 0.286. The largest absolute Gasteiger partial charge is 0.508 e. The Morgan fingerprint density at radius 2 is 1.84 bits per heavy atom. The van der Waals surface area contributed by atoms with Crippen LogP contribution in [0, 0.1) is 17.1 Å². The number of rotatable bonds is 2. The summed E-state index contributed by atoms with van der Waals surface area (Å²) in [5.41, 5.74) is -1.94. The third kappa shape index (κ3) is 4.77. The van der Waals surface area contributed by atoms with Crippen molar-refractivity contribution in [3.63, 3.8) is 0 Å². The van der Waals surface area contributed by atoms with Crippen molar-refractivity contribution in [2.45, 2.75) is 31.9 Å². The van der Waals surface area contributed by atoms with Gasteiger partial charge in [-0.2, -0.15) is 18.4 Å². The van der Waals surface area contributed by atoms with Gasteiger partial charge in [0.25, 0.3) is 0 Å². The van der Waals surface area contributed by atoms with Gasteiger partial charge in [0.15, 0.2) is 10.9 Å². The van der Waals surface area contributed by atoms with Crippen molar-refractivity contribution in [1.82, 2.24) is 0 Å². The van der Waals surface area contributed by atoms with E-state index >= 15 is 0 Å². The van der Waals surface area contributed by atoms with Gasteiger partial charge in [0.05, 0.1) is 28.6 Å². The fourth-order valence-corrected chi connectivity index (χ4v) is 3.75. The maximum atomic E-state index is 14.5. The summed E-state index contributed by atoms with van der Waals surface area (Å²) in [6, 6.07) is 7.81. The number of hydrogen-bond acceptors (Lipinski definition) is 4. The van der Waals surface area contributed by atoms with Gasteiger partial charge in [-0.3, -0.25) is 9.69 Å². The van der Waals surface area contributed by atoms with Crippen molar-refractivity contribution < 1.29 is 27.5 Å². The van der Waals surface area contributed by atoms with E-state index in [1.54, 1.807) is 0 Å². The fourth-order valence-electron chi connectivity index (χ4n) is 3.35. The Labute approximate surface area is 181 Å². The van der Waals surface area contributed by atoms with Gasteiger partial charge >= 0.3 is 6.18 Å². The van der Waals surface area contributed by atoms with E-state index in [1.165, 1.54) is 29.2 Å². The number of amides is 1. The number of aromatic hydroxyl groups is 1. The van der Waals surface area contributed by atoms with Crippen LogP contribution in [0.5, 0.6) is 5.75 Å². The van der Waals surface area contributed by atoms with E-state index < -0.39 is 29.0 Å². The van der Waals surface area contributed by atoms with Crippen molar-refractivity contribution in [3.8, 4) is 11.8 Å². The Hall–Kier alpha value is -3.19. The maximum Gasteiger partial charge on any atom is 0.417 e. The highest BCUT2D eigenvalue weighted by molar-refractivity contribution is 7.81. The van der Waals surface area contributed by atoms with Crippen LogP contribution in [-0.4, -0.2) is 22.7 Å². The molecule has 10 heteroatoms. The number of anilines is 2. The Balaban J connectivity index is 2.13. The monoisotopic (exact) mass is 451 g/mol. The number of phenols is 1. The van der Waals surface area contributed by atoms with Crippen LogP contribution in [0.4, 0.5) is 28.9 Å². The predicted octanol–water partition coefficient (Wildman–Crippen LogP) is 5.12. The first-order valence-electron chi connectivity index (χ1n) is 9.38. The molecule has 2 aromatic carbocycles. The molecular weight excluding hydrogens is 434 g/mol. The number of nitrogens with zero attached hydrogens (tertiary/aromatic N) is 3. The molecule has 0 radical (unpaired) electrons. The van der Waals surface area contributed by atoms with Crippen LogP contribution in [0.15, 0.2) is 36.4 Å². The summed E-state index contributed by atoms with van der Waals surface area (Å²) in [5.74, 6) is -1.62. The zero-order valence-corrected chi connectivity index (χ0v) is 16.9. The highest BCUT2D eigenvalue weighted by Gasteiger charge is 2.36. The van der Waals surface area contributed by atoms with Gasteiger partial charge in [-0.25, -0.2) is 4.39 Å². The van der Waals surface area contributed by atoms with E-state index in [-0.39, 0.29) is 35.2 Å². The quantitative estimate of drug-likeness (QED) is 0.507. The number of benzene rings is 2. The second kappa shape index (κ2) is 8.89. The number of phenolic OH excluding ortho intramolecular Hbond substituents is 1. The van der Waals surface area contributed by atoms with E-state index in [4.69, 9.17) is 17.5 Å². The Morgan fingerprint density at radius 3 is 2.48 bits per heavy atom. The van der Waals surface area contributed by atoms with Gasteiger partial charge in [-0.15, -0.1) is 0 Å². The van der Waals surface area contributed by atoms with Crippen molar-refractivity contribution in [1.29, 1.82) is 5.26 Å². The van der Waals surface area contributed by atoms with Crippen LogP contribution in [0.3, 0.4) is 0 Å². The van der Waals surface area contributed by atoms with E-state index in [9.17, 15) is 27.5 Å². The minimum Gasteiger partial charge on any atom is -0.508 e. The molecule has 0 unspecified atom stereocenters. The molecule has 0 atom stereocenters. The highest BCUT2D eigenvalue weighted by Crippen LogP contribution is 2.36. The Bertz CT molecular complexity index is 1070. The van der Waals surface area contributed by atoms with E-state index in [1.807, 2.05) is 0 Å². The molecule has 1 aliphatic heterocycles. The zero-order valence-electron chi connectivity index (χ0n) is 16.1. The summed E-state index contributed by atoms with van der Waals surface area (Å²) in [6.45, 7) is 0.229. The van der Waals surface area contributed by atoms with Crippen molar-refractivity contribution in [2.24, 2.45) is 0 Å². The third-order valence-electron chi connectivity index (χ3n) is 4.85. The third-order valence-corrected chi connectivity index (χ3v) is 5.26. The lowest BCUT2D eigenvalue weighted by Crippen LogP contribution is -2.47. The average molecular weight is 451 g/mol. The summed E-state index contributed by atoms with van der Waals surface area (Å²) in [5, 5.41) is 18.3. The van der Waals surface area contributed by atoms with Crippen LogP contribution >= 0.6 is 12.2 Å².